The number of carbonyl (C=O) groups is 1. The van der Waals surface area contributed by atoms with Gasteiger partial charge in [0.2, 0.25) is 0 Å². The lowest BCUT2D eigenvalue weighted by atomic mass is 10.1. The molecule has 0 saturated heterocycles. The molecule has 0 atom stereocenters. The summed E-state index contributed by atoms with van der Waals surface area (Å²) in [5.41, 5.74) is 2.09. The van der Waals surface area contributed by atoms with E-state index in [-0.39, 0.29) is 5.97 Å². The third-order valence-corrected chi connectivity index (χ3v) is 2.71. The second-order valence-corrected chi connectivity index (χ2v) is 4.25. The second-order valence-electron chi connectivity index (χ2n) is 4.25. The fraction of sp³-hybridized carbons (Fsp3) is 0.118. The van der Waals surface area contributed by atoms with E-state index in [1.165, 1.54) is 6.92 Å². The van der Waals surface area contributed by atoms with E-state index >= 15 is 0 Å². The highest BCUT2D eigenvalue weighted by atomic mass is 16.6. The molecule has 3 heteroatoms. The third-order valence-electron chi connectivity index (χ3n) is 2.71. The van der Waals surface area contributed by atoms with E-state index in [0.29, 0.717) is 11.5 Å². The highest BCUT2D eigenvalue weighted by Crippen LogP contribution is 2.28. The van der Waals surface area contributed by atoms with Crippen molar-refractivity contribution in [1.82, 2.24) is 0 Å². The van der Waals surface area contributed by atoms with Gasteiger partial charge in [-0.3, -0.25) is 4.79 Å². The Hall–Kier alpha value is -2.55. The summed E-state index contributed by atoms with van der Waals surface area (Å²) in [6, 6.07) is 15.5. The first-order chi connectivity index (χ1) is 9.69. The molecule has 0 spiro atoms. The van der Waals surface area contributed by atoms with Crippen LogP contribution < -0.4 is 9.47 Å². The Morgan fingerprint density at radius 1 is 0.950 bits per heavy atom. The summed E-state index contributed by atoms with van der Waals surface area (Å²) < 4.78 is 10.3. The van der Waals surface area contributed by atoms with Crippen LogP contribution in [0.1, 0.15) is 18.1 Å². The van der Waals surface area contributed by atoms with Crippen molar-refractivity contribution in [3.05, 3.63) is 59.7 Å². The lowest BCUT2D eigenvalue weighted by Crippen LogP contribution is -2.02. The average Bonchev–Trinajstić information content (AvgIpc) is 2.46. The molecule has 3 nitrogen and oxygen atoms in total. The minimum Gasteiger partial charge on any atom is -0.493 e. The highest BCUT2D eigenvalue weighted by molar-refractivity contribution is 5.73. The molecule has 20 heavy (non-hydrogen) atoms. The van der Waals surface area contributed by atoms with Crippen LogP contribution in [0.15, 0.2) is 48.5 Å². The Morgan fingerprint density at radius 2 is 1.65 bits per heavy atom. The van der Waals surface area contributed by atoms with E-state index in [1.54, 1.807) is 13.2 Å². The van der Waals surface area contributed by atoms with Crippen molar-refractivity contribution in [2.45, 2.75) is 6.92 Å². The minimum atomic E-state index is -0.365. The topological polar surface area (TPSA) is 35.5 Å². The molecule has 0 saturated carbocycles. The molecule has 0 aliphatic carbocycles. The van der Waals surface area contributed by atoms with Gasteiger partial charge in [0.1, 0.15) is 0 Å². The fourth-order valence-corrected chi connectivity index (χ4v) is 1.78. The average molecular weight is 268 g/mol. The van der Waals surface area contributed by atoms with Crippen LogP contribution in [-0.4, -0.2) is 13.1 Å². The Labute approximate surface area is 118 Å². The molecule has 0 bridgehead atoms. The SMILES string of the molecule is COc1cc(C=Cc2ccccc2)ccc1OC(C)=O. The van der Waals surface area contributed by atoms with Crippen LogP contribution in [0.3, 0.4) is 0 Å². The second kappa shape index (κ2) is 6.57. The summed E-state index contributed by atoms with van der Waals surface area (Å²) in [5, 5.41) is 0. The largest absolute Gasteiger partial charge is 0.493 e. The number of carbonyl (C=O) groups excluding carboxylic acids is 1. The van der Waals surface area contributed by atoms with Crippen LogP contribution in [0.2, 0.25) is 0 Å². The molecule has 2 rings (SSSR count). The molecule has 2 aromatic rings. The van der Waals surface area contributed by atoms with Crippen molar-refractivity contribution in [1.29, 1.82) is 0 Å². The summed E-state index contributed by atoms with van der Waals surface area (Å²) in [4.78, 5) is 11.0. The Morgan fingerprint density at radius 3 is 2.30 bits per heavy atom. The first kappa shape index (κ1) is 13.9. The predicted octanol–water partition coefficient (Wildman–Crippen LogP) is 3.79. The van der Waals surface area contributed by atoms with Gasteiger partial charge in [-0.15, -0.1) is 0 Å². The number of hydrogen-bond donors (Lipinski definition) is 0. The van der Waals surface area contributed by atoms with Crippen molar-refractivity contribution in [2.24, 2.45) is 0 Å². The number of benzene rings is 2. The summed E-state index contributed by atoms with van der Waals surface area (Å²) >= 11 is 0. The van der Waals surface area contributed by atoms with Crippen LogP contribution in [-0.2, 0) is 4.79 Å². The van der Waals surface area contributed by atoms with Gasteiger partial charge in [0.25, 0.3) is 0 Å². The number of hydrogen-bond acceptors (Lipinski definition) is 3. The van der Waals surface area contributed by atoms with Gasteiger partial charge in [-0.25, -0.2) is 0 Å². The van der Waals surface area contributed by atoms with E-state index in [0.717, 1.165) is 11.1 Å². The molecule has 0 aliphatic heterocycles. The molecule has 0 N–H and O–H groups in total. The van der Waals surface area contributed by atoms with Gasteiger partial charge in [0.15, 0.2) is 11.5 Å². The Balaban J connectivity index is 2.21. The zero-order valence-electron chi connectivity index (χ0n) is 11.5. The number of rotatable bonds is 4. The van der Waals surface area contributed by atoms with E-state index in [2.05, 4.69) is 0 Å². The smallest absolute Gasteiger partial charge is 0.308 e. The zero-order valence-corrected chi connectivity index (χ0v) is 11.5. The maximum atomic E-state index is 11.0. The molecule has 0 aromatic heterocycles. The van der Waals surface area contributed by atoms with Gasteiger partial charge < -0.3 is 9.47 Å². The molecule has 2 aromatic carbocycles. The van der Waals surface area contributed by atoms with Gasteiger partial charge >= 0.3 is 5.97 Å². The monoisotopic (exact) mass is 268 g/mol. The molecule has 0 unspecified atom stereocenters. The molecular weight excluding hydrogens is 252 g/mol. The minimum absolute atomic E-state index is 0.365. The lowest BCUT2D eigenvalue weighted by molar-refractivity contribution is -0.132. The predicted molar refractivity (Wildman–Crippen MR) is 79.7 cm³/mol. The van der Waals surface area contributed by atoms with Gasteiger partial charge in [-0.1, -0.05) is 48.6 Å². The van der Waals surface area contributed by atoms with Gasteiger partial charge in [-0.2, -0.15) is 0 Å². The summed E-state index contributed by atoms with van der Waals surface area (Å²) in [7, 11) is 1.55. The summed E-state index contributed by atoms with van der Waals surface area (Å²) in [6.45, 7) is 1.36. The van der Waals surface area contributed by atoms with Crippen molar-refractivity contribution in [3.8, 4) is 11.5 Å². The maximum absolute atomic E-state index is 11.0. The van der Waals surface area contributed by atoms with E-state index in [4.69, 9.17) is 9.47 Å². The van der Waals surface area contributed by atoms with Crippen molar-refractivity contribution >= 4 is 18.1 Å². The molecule has 0 radical (unpaired) electrons. The number of methoxy groups -OCH3 is 1. The first-order valence-corrected chi connectivity index (χ1v) is 6.28. The van der Waals surface area contributed by atoms with Gasteiger partial charge in [-0.05, 0) is 23.3 Å². The van der Waals surface area contributed by atoms with Gasteiger partial charge in [0.05, 0.1) is 7.11 Å². The lowest BCUT2D eigenvalue weighted by Gasteiger charge is -2.08. The standard InChI is InChI=1S/C17H16O3/c1-13(18)20-16-11-10-15(12-17(16)19-2)9-8-14-6-4-3-5-7-14/h3-12H,1-2H3. The van der Waals surface area contributed by atoms with E-state index in [1.807, 2.05) is 54.6 Å². The quantitative estimate of drug-likeness (QED) is 0.481. The highest BCUT2D eigenvalue weighted by Gasteiger charge is 2.06. The Kier molecular flexibility index (Phi) is 4.56. The van der Waals surface area contributed by atoms with Crippen LogP contribution in [0.25, 0.3) is 12.2 Å². The van der Waals surface area contributed by atoms with E-state index < -0.39 is 0 Å². The van der Waals surface area contributed by atoms with Crippen LogP contribution in [0.4, 0.5) is 0 Å². The van der Waals surface area contributed by atoms with E-state index in [9.17, 15) is 4.79 Å². The molecule has 102 valence electrons. The number of esters is 1. The molecule has 0 amide bonds. The van der Waals surface area contributed by atoms with Crippen molar-refractivity contribution in [2.75, 3.05) is 7.11 Å². The third kappa shape index (κ3) is 3.72. The summed E-state index contributed by atoms with van der Waals surface area (Å²) in [5.74, 6) is 0.600. The van der Waals surface area contributed by atoms with Crippen molar-refractivity contribution in [3.63, 3.8) is 0 Å². The van der Waals surface area contributed by atoms with Crippen LogP contribution in [0, 0.1) is 0 Å². The Bertz CT molecular complexity index is 615. The zero-order chi connectivity index (χ0) is 14.4. The van der Waals surface area contributed by atoms with Crippen LogP contribution in [0.5, 0.6) is 11.5 Å². The molecule has 0 heterocycles. The van der Waals surface area contributed by atoms with Gasteiger partial charge in [0, 0.05) is 6.92 Å². The fourth-order valence-electron chi connectivity index (χ4n) is 1.78. The summed E-state index contributed by atoms with van der Waals surface area (Å²) in [6.07, 6.45) is 4.00. The molecule has 0 aliphatic rings. The maximum Gasteiger partial charge on any atom is 0.308 e. The van der Waals surface area contributed by atoms with Crippen LogP contribution >= 0.6 is 0 Å². The first-order valence-electron chi connectivity index (χ1n) is 6.28. The van der Waals surface area contributed by atoms with Crippen molar-refractivity contribution < 1.29 is 14.3 Å². The number of ether oxygens (including phenoxy) is 2. The molecular formula is C17H16O3. The normalized spacial score (nSPS) is 10.5. The molecule has 0 fully saturated rings.